The molecule has 0 fully saturated rings. The van der Waals surface area contributed by atoms with Gasteiger partial charge in [-0.3, -0.25) is 0 Å². The number of ether oxygens (including phenoxy) is 1. The second-order valence-corrected chi connectivity index (χ2v) is 3.34. The van der Waals surface area contributed by atoms with E-state index >= 15 is 0 Å². The maximum Gasteiger partial charge on any atom is 0.387 e. The van der Waals surface area contributed by atoms with Crippen molar-refractivity contribution in [2.45, 2.75) is 6.61 Å². The van der Waals surface area contributed by atoms with Crippen molar-refractivity contribution in [3.05, 3.63) is 35.6 Å². The number of hydrogen-bond acceptors (Lipinski definition) is 3. The normalized spacial score (nSPS) is 10.8. The van der Waals surface area contributed by atoms with Gasteiger partial charge in [-0.1, -0.05) is 16.8 Å². The Bertz CT molecular complexity index is 474. The molecule has 84 valence electrons. The first-order valence-corrected chi connectivity index (χ1v) is 4.70. The summed E-state index contributed by atoms with van der Waals surface area (Å²) < 4.78 is 33.3. The molecular weight excluding hydrogens is 240 g/mol. The minimum absolute atomic E-state index is 0.00769. The number of benzene rings is 1. The summed E-state index contributed by atoms with van der Waals surface area (Å²) in [6, 6.07) is 5.84. The van der Waals surface area contributed by atoms with Gasteiger partial charge < -0.3 is 9.26 Å². The van der Waals surface area contributed by atoms with E-state index in [1.807, 2.05) is 0 Å². The highest BCUT2D eigenvalue weighted by Gasteiger charge is 2.13. The van der Waals surface area contributed by atoms with Crippen molar-refractivity contribution in [1.29, 1.82) is 0 Å². The lowest BCUT2D eigenvalue weighted by Crippen LogP contribution is -2.03. The molecule has 0 saturated heterocycles. The molecule has 0 aliphatic heterocycles. The first-order valence-electron chi connectivity index (χ1n) is 4.32. The summed E-state index contributed by atoms with van der Waals surface area (Å²) in [6.45, 7) is -2.90. The molecule has 6 heteroatoms. The average molecular weight is 246 g/mol. The SMILES string of the molecule is FC(F)Oc1ccc(Cl)cc1-c1ccon1. The van der Waals surface area contributed by atoms with Gasteiger partial charge in [0.2, 0.25) is 0 Å². The van der Waals surface area contributed by atoms with E-state index in [1.54, 1.807) is 0 Å². The molecule has 0 amide bonds. The summed E-state index contributed by atoms with van der Waals surface area (Å²) in [4.78, 5) is 0. The van der Waals surface area contributed by atoms with Crippen LogP contribution in [0.2, 0.25) is 5.02 Å². The van der Waals surface area contributed by atoms with Crippen LogP contribution in [-0.2, 0) is 0 Å². The Morgan fingerprint density at radius 2 is 2.12 bits per heavy atom. The number of aromatic nitrogens is 1. The van der Waals surface area contributed by atoms with E-state index < -0.39 is 6.61 Å². The van der Waals surface area contributed by atoms with E-state index in [0.717, 1.165) is 0 Å². The molecule has 0 radical (unpaired) electrons. The Balaban J connectivity index is 2.45. The molecule has 0 aliphatic rings. The number of halogens is 3. The molecule has 1 aromatic heterocycles. The zero-order valence-electron chi connectivity index (χ0n) is 7.86. The minimum Gasteiger partial charge on any atom is -0.434 e. The summed E-state index contributed by atoms with van der Waals surface area (Å²) in [7, 11) is 0. The Kier molecular flexibility index (Phi) is 3.05. The third-order valence-corrected chi connectivity index (χ3v) is 2.11. The van der Waals surface area contributed by atoms with Gasteiger partial charge in [-0.05, 0) is 18.2 Å². The van der Waals surface area contributed by atoms with Crippen molar-refractivity contribution in [3.63, 3.8) is 0 Å². The van der Waals surface area contributed by atoms with Crippen LogP contribution < -0.4 is 4.74 Å². The largest absolute Gasteiger partial charge is 0.434 e. The smallest absolute Gasteiger partial charge is 0.387 e. The fourth-order valence-electron chi connectivity index (χ4n) is 1.25. The van der Waals surface area contributed by atoms with Gasteiger partial charge in [-0.25, -0.2) is 0 Å². The second-order valence-electron chi connectivity index (χ2n) is 2.90. The van der Waals surface area contributed by atoms with Crippen molar-refractivity contribution in [2.24, 2.45) is 0 Å². The average Bonchev–Trinajstić information content (AvgIpc) is 2.73. The minimum atomic E-state index is -2.90. The van der Waals surface area contributed by atoms with Crippen molar-refractivity contribution >= 4 is 11.6 Å². The maximum atomic E-state index is 12.1. The summed E-state index contributed by atoms with van der Waals surface area (Å²) in [5, 5.41) is 4.04. The van der Waals surface area contributed by atoms with Gasteiger partial charge in [0.05, 0.1) is 0 Å². The van der Waals surface area contributed by atoms with Gasteiger partial charge >= 0.3 is 6.61 Å². The first kappa shape index (κ1) is 10.9. The number of nitrogens with zero attached hydrogens (tertiary/aromatic N) is 1. The van der Waals surface area contributed by atoms with Gasteiger partial charge in [0.25, 0.3) is 0 Å². The lowest BCUT2D eigenvalue weighted by atomic mass is 10.1. The summed E-state index contributed by atoms with van der Waals surface area (Å²) in [5.41, 5.74) is 0.750. The monoisotopic (exact) mass is 245 g/mol. The Morgan fingerprint density at radius 1 is 1.31 bits per heavy atom. The van der Waals surface area contributed by atoms with Crippen LogP contribution in [0.3, 0.4) is 0 Å². The topological polar surface area (TPSA) is 35.3 Å². The third-order valence-electron chi connectivity index (χ3n) is 1.87. The number of hydrogen-bond donors (Lipinski definition) is 0. The first-order chi connectivity index (χ1) is 7.66. The zero-order chi connectivity index (χ0) is 11.5. The quantitative estimate of drug-likeness (QED) is 0.829. The van der Waals surface area contributed by atoms with Crippen molar-refractivity contribution in [1.82, 2.24) is 5.16 Å². The molecule has 2 rings (SSSR count). The fourth-order valence-corrected chi connectivity index (χ4v) is 1.42. The molecule has 0 unspecified atom stereocenters. The van der Waals surface area contributed by atoms with Crippen molar-refractivity contribution in [3.8, 4) is 17.0 Å². The fraction of sp³-hybridized carbons (Fsp3) is 0.100. The summed E-state index contributed by atoms with van der Waals surface area (Å²) in [6.07, 6.45) is 1.34. The third kappa shape index (κ3) is 2.30. The highest BCUT2D eigenvalue weighted by atomic mass is 35.5. The van der Waals surface area contributed by atoms with E-state index in [1.165, 1.54) is 30.5 Å². The van der Waals surface area contributed by atoms with E-state index in [2.05, 4.69) is 14.4 Å². The van der Waals surface area contributed by atoms with Gasteiger partial charge in [-0.2, -0.15) is 8.78 Å². The molecule has 0 atom stereocenters. The van der Waals surface area contributed by atoms with Crippen LogP contribution in [0.4, 0.5) is 8.78 Å². The zero-order valence-corrected chi connectivity index (χ0v) is 8.62. The molecule has 1 aromatic carbocycles. The van der Waals surface area contributed by atoms with E-state index in [4.69, 9.17) is 11.6 Å². The Morgan fingerprint density at radius 3 is 2.75 bits per heavy atom. The lowest BCUT2D eigenvalue weighted by Gasteiger charge is -2.08. The highest BCUT2D eigenvalue weighted by molar-refractivity contribution is 6.30. The van der Waals surface area contributed by atoms with Gasteiger partial charge in [0.15, 0.2) is 0 Å². The van der Waals surface area contributed by atoms with Crippen LogP contribution in [-0.4, -0.2) is 11.8 Å². The van der Waals surface area contributed by atoms with Crippen LogP contribution in [0.25, 0.3) is 11.3 Å². The summed E-state index contributed by atoms with van der Waals surface area (Å²) in [5.74, 6) is 0.00769. The Hall–Kier alpha value is -1.62. The lowest BCUT2D eigenvalue weighted by molar-refractivity contribution is -0.0494. The Labute approximate surface area is 94.6 Å². The highest BCUT2D eigenvalue weighted by Crippen LogP contribution is 2.32. The maximum absolute atomic E-state index is 12.1. The van der Waals surface area contributed by atoms with E-state index in [0.29, 0.717) is 16.3 Å². The van der Waals surface area contributed by atoms with Gasteiger partial charge in [0.1, 0.15) is 17.7 Å². The molecule has 0 saturated carbocycles. The van der Waals surface area contributed by atoms with Crippen LogP contribution in [0.15, 0.2) is 35.1 Å². The van der Waals surface area contributed by atoms with Crippen LogP contribution in [0, 0.1) is 0 Å². The number of alkyl halides is 2. The molecule has 3 nitrogen and oxygen atoms in total. The van der Waals surface area contributed by atoms with Gasteiger partial charge in [0, 0.05) is 16.7 Å². The van der Waals surface area contributed by atoms with E-state index in [9.17, 15) is 8.78 Å². The molecule has 0 bridgehead atoms. The summed E-state index contributed by atoms with van der Waals surface area (Å²) >= 11 is 5.77. The van der Waals surface area contributed by atoms with Crippen molar-refractivity contribution in [2.75, 3.05) is 0 Å². The van der Waals surface area contributed by atoms with Crippen LogP contribution in [0.5, 0.6) is 5.75 Å². The molecular formula is C10H6ClF2NO2. The predicted octanol–water partition coefficient (Wildman–Crippen LogP) is 3.60. The standard InChI is InChI=1S/C10H6ClF2NO2/c11-6-1-2-9(16-10(12)13)7(5-6)8-3-4-15-14-8/h1-5,10H. The molecule has 0 aliphatic carbocycles. The van der Waals surface area contributed by atoms with Crippen LogP contribution >= 0.6 is 11.6 Å². The molecule has 0 spiro atoms. The molecule has 2 aromatic rings. The van der Waals surface area contributed by atoms with E-state index in [-0.39, 0.29) is 5.75 Å². The van der Waals surface area contributed by atoms with Gasteiger partial charge in [-0.15, -0.1) is 0 Å². The molecule has 0 N–H and O–H groups in total. The van der Waals surface area contributed by atoms with Crippen molar-refractivity contribution < 1.29 is 18.0 Å². The second kappa shape index (κ2) is 4.49. The molecule has 16 heavy (non-hydrogen) atoms. The molecule has 1 heterocycles. The number of rotatable bonds is 3. The predicted molar refractivity (Wildman–Crippen MR) is 53.6 cm³/mol. The van der Waals surface area contributed by atoms with Crippen LogP contribution in [0.1, 0.15) is 0 Å².